The molecule has 4 heteroatoms. The SMILES string of the molecule is Cc1ccc(C)c(CN2C(=O)[C@@H]3CCCN3c3ccc(C#N)cc32)c1. The van der Waals surface area contributed by atoms with Crippen LogP contribution < -0.4 is 9.80 Å². The molecular weight excluding hydrogens is 310 g/mol. The van der Waals surface area contributed by atoms with Crippen molar-refractivity contribution in [1.29, 1.82) is 5.26 Å². The molecule has 0 unspecified atom stereocenters. The Morgan fingerprint density at radius 2 is 2.00 bits per heavy atom. The Labute approximate surface area is 148 Å². The lowest BCUT2D eigenvalue weighted by atomic mass is 10.0. The molecule has 0 radical (unpaired) electrons. The summed E-state index contributed by atoms with van der Waals surface area (Å²) in [5.74, 6) is 0.154. The van der Waals surface area contributed by atoms with Gasteiger partial charge in [-0.05, 0) is 56.0 Å². The predicted molar refractivity (Wildman–Crippen MR) is 98.6 cm³/mol. The maximum absolute atomic E-state index is 13.2. The van der Waals surface area contributed by atoms with Crippen molar-refractivity contribution < 1.29 is 4.79 Å². The van der Waals surface area contributed by atoms with Gasteiger partial charge in [0, 0.05) is 6.54 Å². The number of hydrogen-bond donors (Lipinski definition) is 0. The van der Waals surface area contributed by atoms with Crippen LogP contribution in [0.2, 0.25) is 0 Å². The summed E-state index contributed by atoms with van der Waals surface area (Å²) in [6, 6.07) is 14.2. The molecule has 0 aliphatic carbocycles. The predicted octanol–water partition coefficient (Wildman–Crippen LogP) is 3.69. The van der Waals surface area contributed by atoms with Crippen molar-refractivity contribution in [1.82, 2.24) is 0 Å². The first-order valence-corrected chi connectivity index (χ1v) is 8.77. The molecule has 4 rings (SSSR count). The van der Waals surface area contributed by atoms with Crippen LogP contribution in [0, 0.1) is 25.2 Å². The number of anilines is 2. The molecule has 4 nitrogen and oxygen atoms in total. The van der Waals surface area contributed by atoms with Gasteiger partial charge in [0.25, 0.3) is 0 Å². The number of nitriles is 1. The summed E-state index contributed by atoms with van der Waals surface area (Å²) in [6.45, 7) is 5.62. The van der Waals surface area contributed by atoms with Crippen LogP contribution >= 0.6 is 0 Å². The normalized spacial score (nSPS) is 18.8. The van der Waals surface area contributed by atoms with E-state index in [0.29, 0.717) is 12.1 Å². The van der Waals surface area contributed by atoms with E-state index in [1.807, 2.05) is 23.1 Å². The lowest BCUT2D eigenvalue weighted by molar-refractivity contribution is -0.120. The number of carbonyl (C=O) groups excluding carboxylic acids is 1. The fraction of sp³-hybridized carbons (Fsp3) is 0.333. The van der Waals surface area contributed by atoms with Gasteiger partial charge < -0.3 is 9.80 Å². The van der Waals surface area contributed by atoms with Crippen molar-refractivity contribution in [2.75, 3.05) is 16.3 Å². The first kappa shape index (κ1) is 15.7. The van der Waals surface area contributed by atoms with E-state index in [1.54, 1.807) is 0 Å². The van der Waals surface area contributed by atoms with E-state index in [4.69, 9.17) is 0 Å². The van der Waals surface area contributed by atoms with Crippen molar-refractivity contribution in [2.45, 2.75) is 39.3 Å². The van der Waals surface area contributed by atoms with Crippen molar-refractivity contribution in [3.05, 3.63) is 58.7 Å². The minimum atomic E-state index is -0.0643. The van der Waals surface area contributed by atoms with Gasteiger partial charge in [0.1, 0.15) is 6.04 Å². The molecule has 126 valence electrons. The van der Waals surface area contributed by atoms with Gasteiger partial charge >= 0.3 is 0 Å². The van der Waals surface area contributed by atoms with Crippen LogP contribution in [0.4, 0.5) is 11.4 Å². The van der Waals surface area contributed by atoms with Gasteiger partial charge in [-0.25, -0.2) is 0 Å². The standard InChI is InChI=1S/C21H21N3O/c1-14-5-6-15(2)17(10-14)13-24-20-11-16(12-22)7-8-18(20)23-9-3-4-19(23)21(24)25/h5-8,10-11,19H,3-4,9,13H2,1-2H3/t19-/m0/s1. The number of carbonyl (C=O) groups is 1. The summed E-state index contributed by atoms with van der Waals surface area (Å²) in [5.41, 5.74) is 6.07. The van der Waals surface area contributed by atoms with Gasteiger partial charge in [0.2, 0.25) is 5.91 Å². The smallest absolute Gasteiger partial charge is 0.250 e. The molecule has 2 aliphatic rings. The average molecular weight is 331 g/mol. The van der Waals surface area contributed by atoms with Crippen LogP contribution in [0.1, 0.15) is 35.1 Å². The molecular formula is C21H21N3O. The topological polar surface area (TPSA) is 47.3 Å². The Balaban J connectivity index is 1.81. The number of aryl methyl sites for hydroxylation is 2. The quantitative estimate of drug-likeness (QED) is 0.843. The molecule has 2 aromatic rings. The minimum absolute atomic E-state index is 0.0643. The highest BCUT2D eigenvalue weighted by Gasteiger charge is 2.40. The molecule has 2 heterocycles. The molecule has 0 saturated carbocycles. The lowest BCUT2D eigenvalue weighted by Gasteiger charge is -2.40. The maximum Gasteiger partial charge on any atom is 0.250 e. The van der Waals surface area contributed by atoms with Gasteiger partial charge in [0.15, 0.2) is 0 Å². The Kier molecular flexibility index (Phi) is 3.73. The first-order chi connectivity index (χ1) is 12.1. The largest absolute Gasteiger partial charge is 0.358 e. The fourth-order valence-electron chi connectivity index (χ4n) is 3.97. The van der Waals surface area contributed by atoms with Crippen molar-refractivity contribution >= 4 is 17.3 Å². The first-order valence-electron chi connectivity index (χ1n) is 8.77. The van der Waals surface area contributed by atoms with Crippen LogP contribution in [0.15, 0.2) is 36.4 Å². The second kappa shape index (κ2) is 5.93. The third-order valence-corrected chi connectivity index (χ3v) is 5.34. The van der Waals surface area contributed by atoms with E-state index in [-0.39, 0.29) is 11.9 Å². The molecule has 2 aromatic carbocycles. The number of benzene rings is 2. The van der Waals surface area contributed by atoms with Gasteiger partial charge in [-0.3, -0.25) is 4.79 Å². The van der Waals surface area contributed by atoms with Crippen LogP contribution in [-0.4, -0.2) is 18.5 Å². The highest BCUT2D eigenvalue weighted by Crippen LogP contribution is 2.41. The molecule has 2 aliphatic heterocycles. The zero-order chi connectivity index (χ0) is 17.6. The monoisotopic (exact) mass is 331 g/mol. The third kappa shape index (κ3) is 2.56. The lowest BCUT2D eigenvalue weighted by Crippen LogP contribution is -2.50. The number of fused-ring (bicyclic) bond motifs is 3. The van der Waals surface area contributed by atoms with E-state index in [9.17, 15) is 10.1 Å². The van der Waals surface area contributed by atoms with E-state index in [0.717, 1.165) is 36.3 Å². The Morgan fingerprint density at radius 3 is 2.80 bits per heavy atom. The van der Waals surface area contributed by atoms with Gasteiger partial charge in [-0.2, -0.15) is 5.26 Å². The second-order valence-corrected chi connectivity index (χ2v) is 7.02. The second-order valence-electron chi connectivity index (χ2n) is 7.02. The fourth-order valence-corrected chi connectivity index (χ4v) is 3.97. The summed E-state index contributed by atoms with van der Waals surface area (Å²) in [6.07, 6.45) is 1.94. The average Bonchev–Trinajstić information content (AvgIpc) is 3.11. The van der Waals surface area contributed by atoms with Crippen LogP contribution in [-0.2, 0) is 11.3 Å². The zero-order valence-corrected chi connectivity index (χ0v) is 14.6. The van der Waals surface area contributed by atoms with Gasteiger partial charge in [0.05, 0.1) is 29.6 Å². The summed E-state index contributed by atoms with van der Waals surface area (Å²) in [7, 11) is 0. The van der Waals surface area contributed by atoms with E-state index in [2.05, 4.69) is 43.0 Å². The van der Waals surface area contributed by atoms with Crippen molar-refractivity contribution in [3.63, 3.8) is 0 Å². The Bertz CT molecular complexity index is 896. The molecule has 0 N–H and O–H groups in total. The van der Waals surface area contributed by atoms with Crippen molar-refractivity contribution in [3.8, 4) is 6.07 Å². The van der Waals surface area contributed by atoms with Crippen molar-refractivity contribution in [2.24, 2.45) is 0 Å². The summed E-state index contributed by atoms with van der Waals surface area (Å²) >= 11 is 0. The summed E-state index contributed by atoms with van der Waals surface area (Å²) < 4.78 is 0. The molecule has 1 atom stereocenters. The zero-order valence-electron chi connectivity index (χ0n) is 14.6. The summed E-state index contributed by atoms with van der Waals surface area (Å²) in [5, 5.41) is 9.28. The van der Waals surface area contributed by atoms with Crippen LogP contribution in [0.5, 0.6) is 0 Å². The number of rotatable bonds is 2. The Morgan fingerprint density at radius 1 is 1.16 bits per heavy atom. The van der Waals surface area contributed by atoms with E-state index < -0.39 is 0 Å². The maximum atomic E-state index is 13.2. The highest BCUT2D eigenvalue weighted by molar-refractivity contribution is 6.06. The Hall–Kier alpha value is -2.80. The summed E-state index contributed by atoms with van der Waals surface area (Å²) in [4.78, 5) is 17.3. The molecule has 1 amide bonds. The van der Waals surface area contributed by atoms with E-state index >= 15 is 0 Å². The van der Waals surface area contributed by atoms with Crippen LogP contribution in [0.3, 0.4) is 0 Å². The van der Waals surface area contributed by atoms with Gasteiger partial charge in [-0.15, -0.1) is 0 Å². The minimum Gasteiger partial charge on any atom is -0.358 e. The number of amides is 1. The molecule has 0 bridgehead atoms. The highest BCUT2D eigenvalue weighted by atomic mass is 16.2. The third-order valence-electron chi connectivity index (χ3n) is 5.34. The van der Waals surface area contributed by atoms with E-state index in [1.165, 1.54) is 11.1 Å². The van der Waals surface area contributed by atoms with Gasteiger partial charge in [-0.1, -0.05) is 23.8 Å². The molecule has 1 fully saturated rings. The number of nitrogens with zero attached hydrogens (tertiary/aromatic N) is 3. The molecule has 25 heavy (non-hydrogen) atoms. The number of hydrogen-bond acceptors (Lipinski definition) is 3. The van der Waals surface area contributed by atoms with Crippen LogP contribution in [0.25, 0.3) is 0 Å². The molecule has 0 aromatic heterocycles. The molecule has 0 spiro atoms. The molecule has 1 saturated heterocycles.